The molecule has 0 aliphatic carbocycles. The van der Waals surface area contributed by atoms with Crippen LogP contribution in [0.3, 0.4) is 0 Å². The van der Waals surface area contributed by atoms with Gasteiger partial charge < -0.3 is 30.3 Å². The molecule has 2 saturated heterocycles. The number of aromatic nitrogens is 2. The van der Waals surface area contributed by atoms with Gasteiger partial charge in [-0.1, -0.05) is 11.2 Å². The minimum Gasteiger partial charge on any atom is -0.543 e. The molecule has 2 fully saturated rings. The van der Waals surface area contributed by atoms with Crippen LogP contribution >= 0.6 is 23.3 Å². The predicted octanol–water partition coefficient (Wildman–Crippen LogP) is -2.69. The van der Waals surface area contributed by atoms with Gasteiger partial charge in [0, 0.05) is 17.3 Å². The number of thioether (sulfide) groups is 1. The number of carboxylic acid groups (broad SMARTS) is 1. The number of nitrogens with one attached hydrogen (secondary N) is 1. The number of carbonyl (C=O) groups excluding carboxylic acids is 3. The van der Waals surface area contributed by atoms with Crippen LogP contribution in [-0.4, -0.2) is 113 Å². The number of hydrogen-bond donors (Lipinski definition) is 2. The van der Waals surface area contributed by atoms with Crippen molar-refractivity contribution >= 4 is 61.8 Å². The lowest BCUT2D eigenvalue weighted by molar-refractivity contribution is -0.900. The summed E-state index contributed by atoms with van der Waals surface area (Å²) in [5.41, 5.74) is 5.45. The number of anilines is 1. The maximum Gasteiger partial charge on any atom is 0.278 e. The SMILES string of the molecule is CO/N=C(\C(=O)N[C@@H]1C(=O)N2C(C(=O)[O-])=C(/C=C/C[N+]3(C)CCS(=O)(=O)CC3)CS[C@@H]12)c1nsc(N)n1. The number of oxime groups is 1. The van der Waals surface area contributed by atoms with E-state index in [2.05, 4.69) is 19.8 Å². The van der Waals surface area contributed by atoms with E-state index < -0.39 is 39.0 Å². The summed E-state index contributed by atoms with van der Waals surface area (Å²) in [6.07, 6.45) is 3.43. The lowest BCUT2D eigenvalue weighted by Crippen LogP contribution is -2.71. The highest BCUT2D eigenvalue weighted by Gasteiger charge is 2.53. The van der Waals surface area contributed by atoms with Gasteiger partial charge in [0.15, 0.2) is 15.0 Å². The fourth-order valence-corrected chi connectivity index (χ4v) is 7.54. The van der Waals surface area contributed by atoms with Crippen molar-refractivity contribution in [2.45, 2.75) is 11.4 Å². The number of hydrogen-bond acceptors (Lipinski definition) is 13. The monoisotopic (exact) mass is 571 g/mol. The van der Waals surface area contributed by atoms with Gasteiger partial charge in [-0.05, 0) is 11.6 Å². The van der Waals surface area contributed by atoms with Gasteiger partial charge in [-0.3, -0.25) is 14.5 Å². The van der Waals surface area contributed by atoms with Crippen LogP contribution in [0.1, 0.15) is 5.82 Å². The van der Waals surface area contributed by atoms with Gasteiger partial charge in [0.05, 0.1) is 49.9 Å². The molecular formula is C20H25N7O7S3. The van der Waals surface area contributed by atoms with Crippen LogP contribution < -0.4 is 16.2 Å². The standard InChI is InChI=1S/C20H25N7O7S3/c1-27(6-8-37(32,33)9-7-27)5-3-4-11-10-35-18-13(17(29)26(18)14(11)19(30)31)22-16(28)12(24-34-2)15-23-20(21)36-25-15/h3-4,13,18H,5-10H2,1-2H3,(H3-,21,22,23,25,28,30,31)/b4-3+,24-12-/t13-,18+/m1/s1. The number of rotatable bonds is 8. The number of quaternary nitrogens is 1. The van der Waals surface area contributed by atoms with E-state index in [1.54, 1.807) is 12.2 Å². The molecule has 0 aromatic carbocycles. The molecule has 2 atom stereocenters. The maximum atomic E-state index is 12.9. The van der Waals surface area contributed by atoms with Crippen molar-refractivity contribution in [2.75, 3.05) is 56.8 Å². The third-order valence-corrected chi connectivity index (χ3v) is 9.73. The minimum atomic E-state index is -3.01. The Balaban J connectivity index is 1.46. The number of nitrogens with two attached hydrogens (primary N) is 1. The zero-order valence-electron chi connectivity index (χ0n) is 19.9. The van der Waals surface area contributed by atoms with E-state index in [1.807, 2.05) is 7.05 Å². The quantitative estimate of drug-likeness (QED) is 0.143. The zero-order chi connectivity index (χ0) is 27.0. The highest BCUT2D eigenvalue weighted by molar-refractivity contribution is 8.00. The number of nitrogen functional groups attached to an aromatic ring is 1. The Kier molecular flexibility index (Phi) is 7.59. The third-order valence-electron chi connectivity index (χ3n) is 6.28. The van der Waals surface area contributed by atoms with E-state index in [0.29, 0.717) is 29.7 Å². The van der Waals surface area contributed by atoms with Crippen molar-refractivity contribution in [1.29, 1.82) is 0 Å². The Hall–Kier alpha value is -3.02. The molecule has 2 amide bonds. The lowest BCUT2D eigenvalue weighted by Gasteiger charge is -2.50. The largest absolute Gasteiger partial charge is 0.543 e. The van der Waals surface area contributed by atoms with E-state index in [4.69, 9.17) is 10.6 Å². The summed E-state index contributed by atoms with van der Waals surface area (Å²) >= 11 is 2.15. The average Bonchev–Trinajstić information content (AvgIpc) is 3.28. The van der Waals surface area contributed by atoms with Crippen molar-refractivity contribution in [1.82, 2.24) is 19.6 Å². The highest BCUT2D eigenvalue weighted by Crippen LogP contribution is 2.40. The van der Waals surface area contributed by atoms with E-state index in [0.717, 1.165) is 16.4 Å². The van der Waals surface area contributed by atoms with Crippen molar-refractivity contribution in [2.24, 2.45) is 5.16 Å². The molecule has 0 radical (unpaired) electrons. The summed E-state index contributed by atoms with van der Waals surface area (Å²) in [5, 5.41) is 17.6. The summed E-state index contributed by atoms with van der Waals surface area (Å²) in [6, 6.07) is -1.00. The lowest BCUT2D eigenvalue weighted by atomic mass is 10.0. The number of allylic oxidation sites excluding steroid dienone is 1. The molecule has 37 heavy (non-hydrogen) atoms. The molecule has 3 N–H and O–H groups in total. The van der Waals surface area contributed by atoms with Gasteiger partial charge in [-0.15, -0.1) is 11.8 Å². The first-order valence-electron chi connectivity index (χ1n) is 11.1. The van der Waals surface area contributed by atoms with Crippen LogP contribution in [0.25, 0.3) is 0 Å². The Morgan fingerprint density at radius 3 is 2.68 bits per heavy atom. The normalized spacial score (nSPS) is 25.0. The van der Waals surface area contributed by atoms with Crippen LogP contribution in [0.15, 0.2) is 28.6 Å². The number of sulfone groups is 1. The third kappa shape index (κ3) is 5.63. The van der Waals surface area contributed by atoms with Gasteiger partial charge in [0.2, 0.25) is 11.5 Å². The summed E-state index contributed by atoms with van der Waals surface area (Å²) in [6.45, 7) is 1.45. The van der Waals surface area contributed by atoms with E-state index in [9.17, 15) is 27.9 Å². The van der Waals surface area contributed by atoms with Crippen LogP contribution in [-0.2, 0) is 29.1 Å². The summed E-state index contributed by atoms with van der Waals surface area (Å²) in [7, 11) is 0.172. The number of fused-ring (bicyclic) bond motifs is 1. The number of aliphatic carboxylic acids is 1. The van der Waals surface area contributed by atoms with Crippen LogP contribution in [0, 0.1) is 0 Å². The van der Waals surface area contributed by atoms with Gasteiger partial charge in [0.25, 0.3) is 11.8 Å². The Bertz CT molecular complexity index is 1310. The number of carboxylic acids is 1. The average molecular weight is 572 g/mol. The van der Waals surface area contributed by atoms with E-state index >= 15 is 0 Å². The van der Waals surface area contributed by atoms with Crippen molar-refractivity contribution in [3.8, 4) is 0 Å². The minimum absolute atomic E-state index is 0.0628. The smallest absolute Gasteiger partial charge is 0.278 e. The van der Waals surface area contributed by atoms with Crippen LogP contribution in [0.4, 0.5) is 5.13 Å². The zero-order valence-corrected chi connectivity index (χ0v) is 22.4. The first kappa shape index (κ1) is 27.0. The maximum absolute atomic E-state index is 12.9. The number of likely N-dealkylation sites (N-methyl/N-ethyl adjacent to an activating group) is 1. The molecule has 200 valence electrons. The summed E-state index contributed by atoms with van der Waals surface area (Å²) < 4.78 is 27.9. The van der Waals surface area contributed by atoms with Crippen molar-refractivity contribution in [3.63, 3.8) is 0 Å². The first-order chi connectivity index (χ1) is 17.4. The Labute approximate surface area is 220 Å². The topological polar surface area (TPSA) is 197 Å². The number of carbonyl (C=O) groups is 3. The molecular weight excluding hydrogens is 546 g/mol. The van der Waals surface area contributed by atoms with E-state index in [1.165, 1.54) is 18.9 Å². The molecule has 4 heterocycles. The van der Waals surface area contributed by atoms with Crippen LogP contribution in [0.2, 0.25) is 0 Å². The number of β-lactam (4-membered cyclic amide) rings is 1. The second-order valence-electron chi connectivity index (χ2n) is 8.90. The Morgan fingerprint density at radius 2 is 2.08 bits per heavy atom. The molecule has 0 bridgehead atoms. The predicted molar refractivity (Wildman–Crippen MR) is 134 cm³/mol. The first-order valence-corrected chi connectivity index (χ1v) is 14.7. The molecule has 0 unspecified atom stereocenters. The number of nitrogens with zero attached hydrogens (tertiary/aromatic N) is 5. The highest BCUT2D eigenvalue weighted by atomic mass is 32.2. The van der Waals surface area contributed by atoms with Gasteiger partial charge in [-0.25, -0.2) is 8.42 Å². The summed E-state index contributed by atoms with van der Waals surface area (Å²) in [5.74, 6) is -2.47. The van der Waals surface area contributed by atoms with Gasteiger partial charge in [0.1, 0.15) is 18.5 Å². The number of amides is 2. The summed E-state index contributed by atoms with van der Waals surface area (Å²) in [4.78, 5) is 47.4. The van der Waals surface area contributed by atoms with Gasteiger partial charge >= 0.3 is 0 Å². The molecule has 1 aromatic heterocycles. The second-order valence-corrected chi connectivity index (χ2v) is 13.1. The molecule has 3 aliphatic rings. The Morgan fingerprint density at radius 1 is 1.38 bits per heavy atom. The molecule has 0 saturated carbocycles. The molecule has 17 heteroatoms. The fourth-order valence-electron chi connectivity index (χ4n) is 4.14. The molecule has 3 aliphatic heterocycles. The molecule has 4 rings (SSSR count). The van der Waals surface area contributed by atoms with E-state index in [-0.39, 0.29) is 39.6 Å². The van der Waals surface area contributed by atoms with Crippen molar-refractivity contribution in [3.05, 3.63) is 29.2 Å². The molecule has 0 spiro atoms. The fraction of sp³-hybridized carbons (Fsp3) is 0.500. The van der Waals surface area contributed by atoms with Gasteiger partial charge in [-0.2, -0.15) is 9.36 Å². The molecule has 1 aromatic rings. The second kappa shape index (κ2) is 10.4. The molecule has 14 nitrogen and oxygen atoms in total. The van der Waals surface area contributed by atoms with Crippen molar-refractivity contribution < 1.29 is 37.2 Å². The van der Waals surface area contributed by atoms with Crippen LogP contribution in [0.5, 0.6) is 0 Å².